The van der Waals surface area contributed by atoms with E-state index in [1.165, 1.54) is 18.3 Å². The topological polar surface area (TPSA) is 65.5 Å². The summed E-state index contributed by atoms with van der Waals surface area (Å²) in [6.07, 6.45) is 1.47. The van der Waals surface area contributed by atoms with Crippen LogP contribution >= 0.6 is 23.2 Å². The summed E-state index contributed by atoms with van der Waals surface area (Å²) >= 11 is 11.8. The summed E-state index contributed by atoms with van der Waals surface area (Å²) in [5.74, 6) is -0.481. The summed E-state index contributed by atoms with van der Waals surface area (Å²) in [5.41, 5.74) is 0.274. The number of benzene rings is 1. The Balaban J connectivity index is 1.56. The Bertz CT molecular complexity index is 871. The second-order valence-electron chi connectivity index (χ2n) is 6.48. The van der Waals surface area contributed by atoms with E-state index in [1.807, 2.05) is 4.90 Å². The number of carbonyl (C=O) groups is 2. The first kappa shape index (κ1) is 20.5. The van der Waals surface area contributed by atoms with Gasteiger partial charge in [-0.05, 0) is 37.3 Å². The van der Waals surface area contributed by atoms with Crippen LogP contribution in [-0.4, -0.2) is 58.8 Å². The molecule has 2 aromatic rings. The smallest absolute Gasteiger partial charge is 0.255 e. The minimum atomic E-state index is -0.485. The van der Waals surface area contributed by atoms with Gasteiger partial charge in [-0.25, -0.2) is 9.37 Å². The molecule has 0 radical (unpaired) electrons. The Hall–Kier alpha value is -2.22. The second kappa shape index (κ2) is 8.86. The highest BCUT2D eigenvalue weighted by atomic mass is 35.5. The SMILES string of the molecule is CC(C(=O)Nc1ccc(Cl)cn1)N1CCN(C(=O)c2ccc(F)cc2Cl)CC1. The van der Waals surface area contributed by atoms with Crippen LogP contribution in [0.15, 0.2) is 36.5 Å². The molecular weight excluding hydrogens is 406 g/mol. The summed E-state index contributed by atoms with van der Waals surface area (Å²) in [6.45, 7) is 3.77. The van der Waals surface area contributed by atoms with E-state index in [0.29, 0.717) is 37.0 Å². The van der Waals surface area contributed by atoms with E-state index < -0.39 is 5.82 Å². The number of aromatic nitrogens is 1. The van der Waals surface area contributed by atoms with Crippen LogP contribution in [0.25, 0.3) is 0 Å². The Morgan fingerprint density at radius 3 is 2.46 bits per heavy atom. The van der Waals surface area contributed by atoms with Gasteiger partial charge in [0.05, 0.1) is 21.7 Å². The van der Waals surface area contributed by atoms with Crippen molar-refractivity contribution in [2.45, 2.75) is 13.0 Å². The van der Waals surface area contributed by atoms with Crippen LogP contribution in [0.4, 0.5) is 10.2 Å². The molecule has 0 aliphatic carbocycles. The molecule has 28 heavy (non-hydrogen) atoms. The third kappa shape index (κ3) is 4.79. The number of rotatable bonds is 4. The number of anilines is 1. The number of halogens is 3. The lowest BCUT2D eigenvalue weighted by molar-refractivity contribution is -0.121. The second-order valence-corrected chi connectivity index (χ2v) is 7.32. The Kier molecular flexibility index (Phi) is 6.49. The minimum absolute atomic E-state index is 0.0932. The van der Waals surface area contributed by atoms with Crippen molar-refractivity contribution in [3.05, 3.63) is 58.0 Å². The number of amides is 2. The Morgan fingerprint density at radius 1 is 1.14 bits per heavy atom. The van der Waals surface area contributed by atoms with Gasteiger partial charge in [0.15, 0.2) is 0 Å². The Labute approximate surface area is 172 Å². The summed E-state index contributed by atoms with van der Waals surface area (Å²) in [6, 6.07) is 6.63. The number of hydrogen-bond acceptors (Lipinski definition) is 4. The minimum Gasteiger partial charge on any atom is -0.336 e. The summed E-state index contributed by atoms with van der Waals surface area (Å²) in [4.78, 5) is 32.8. The van der Waals surface area contributed by atoms with Crippen molar-refractivity contribution < 1.29 is 14.0 Å². The predicted molar refractivity (Wildman–Crippen MR) is 106 cm³/mol. The van der Waals surface area contributed by atoms with Crippen LogP contribution in [0.2, 0.25) is 10.0 Å². The van der Waals surface area contributed by atoms with Gasteiger partial charge in [-0.2, -0.15) is 0 Å². The first-order valence-corrected chi connectivity index (χ1v) is 9.51. The van der Waals surface area contributed by atoms with Crippen LogP contribution in [0.3, 0.4) is 0 Å². The highest BCUT2D eigenvalue weighted by Gasteiger charge is 2.28. The van der Waals surface area contributed by atoms with E-state index in [0.717, 1.165) is 6.07 Å². The lowest BCUT2D eigenvalue weighted by Gasteiger charge is -2.37. The molecule has 1 aromatic heterocycles. The van der Waals surface area contributed by atoms with Crippen LogP contribution in [0, 0.1) is 5.82 Å². The largest absolute Gasteiger partial charge is 0.336 e. The molecule has 148 valence electrons. The maximum atomic E-state index is 13.2. The van der Waals surface area contributed by atoms with Crippen molar-refractivity contribution in [1.29, 1.82) is 0 Å². The molecule has 1 aliphatic rings. The van der Waals surface area contributed by atoms with Crippen LogP contribution in [0.1, 0.15) is 17.3 Å². The number of nitrogens with one attached hydrogen (secondary N) is 1. The zero-order chi connectivity index (χ0) is 20.3. The molecule has 3 rings (SSSR count). The van der Waals surface area contributed by atoms with Gasteiger partial charge in [0.2, 0.25) is 5.91 Å². The molecule has 6 nitrogen and oxygen atoms in total. The number of piperazine rings is 1. The van der Waals surface area contributed by atoms with Crippen LogP contribution in [0.5, 0.6) is 0 Å². The maximum absolute atomic E-state index is 13.2. The van der Waals surface area contributed by atoms with E-state index in [9.17, 15) is 14.0 Å². The first-order chi connectivity index (χ1) is 13.3. The maximum Gasteiger partial charge on any atom is 0.255 e. The molecule has 1 saturated heterocycles. The van der Waals surface area contributed by atoms with Crippen molar-refractivity contribution in [2.24, 2.45) is 0 Å². The molecule has 1 aromatic carbocycles. The van der Waals surface area contributed by atoms with Crippen molar-refractivity contribution in [2.75, 3.05) is 31.5 Å². The summed E-state index contributed by atoms with van der Waals surface area (Å²) in [5, 5.41) is 3.34. The zero-order valence-electron chi connectivity index (χ0n) is 15.2. The summed E-state index contributed by atoms with van der Waals surface area (Å²) < 4.78 is 13.2. The van der Waals surface area contributed by atoms with Gasteiger partial charge in [-0.15, -0.1) is 0 Å². The fraction of sp³-hybridized carbons (Fsp3) is 0.316. The molecular formula is C19H19Cl2FN4O2. The molecule has 2 heterocycles. The normalized spacial score (nSPS) is 15.9. The first-order valence-electron chi connectivity index (χ1n) is 8.76. The predicted octanol–water partition coefficient (Wildman–Crippen LogP) is 3.31. The standard InChI is InChI=1S/C19H19Cl2FN4O2/c1-12(18(27)24-17-5-2-13(20)11-23-17)25-6-8-26(9-7-25)19(28)15-4-3-14(22)10-16(15)21/h2-5,10-12H,6-9H2,1H3,(H,23,24,27). The average molecular weight is 425 g/mol. The van der Waals surface area contributed by atoms with E-state index >= 15 is 0 Å². The van der Waals surface area contributed by atoms with Gasteiger partial charge in [0, 0.05) is 32.4 Å². The highest BCUT2D eigenvalue weighted by Crippen LogP contribution is 2.20. The molecule has 0 bridgehead atoms. The highest BCUT2D eigenvalue weighted by molar-refractivity contribution is 6.33. The fourth-order valence-corrected chi connectivity index (χ4v) is 3.35. The molecule has 9 heteroatoms. The fourth-order valence-electron chi connectivity index (χ4n) is 2.99. The molecule has 1 atom stereocenters. The van der Waals surface area contributed by atoms with Crippen LogP contribution < -0.4 is 5.32 Å². The lowest BCUT2D eigenvalue weighted by Crippen LogP contribution is -2.54. The van der Waals surface area contributed by atoms with Gasteiger partial charge >= 0.3 is 0 Å². The molecule has 2 amide bonds. The molecule has 1 fully saturated rings. The Morgan fingerprint density at radius 2 is 1.86 bits per heavy atom. The van der Waals surface area contributed by atoms with E-state index in [2.05, 4.69) is 10.3 Å². The van der Waals surface area contributed by atoms with Gasteiger partial charge in [-0.1, -0.05) is 23.2 Å². The zero-order valence-corrected chi connectivity index (χ0v) is 16.7. The molecule has 1 aliphatic heterocycles. The third-order valence-electron chi connectivity index (χ3n) is 4.67. The van der Waals surface area contributed by atoms with E-state index in [-0.39, 0.29) is 28.4 Å². The van der Waals surface area contributed by atoms with Crippen LogP contribution in [-0.2, 0) is 4.79 Å². The van der Waals surface area contributed by atoms with Gasteiger partial charge < -0.3 is 10.2 Å². The molecule has 0 saturated carbocycles. The van der Waals surface area contributed by atoms with Gasteiger partial charge in [-0.3, -0.25) is 14.5 Å². The number of carbonyl (C=O) groups excluding carboxylic acids is 2. The van der Waals surface area contributed by atoms with Crippen molar-refractivity contribution >= 4 is 40.8 Å². The molecule has 1 N–H and O–H groups in total. The van der Waals surface area contributed by atoms with Gasteiger partial charge in [0.25, 0.3) is 5.91 Å². The summed E-state index contributed by atoms with van der Waals surface area (Å²) in [7, 11) is 0. The lowest BCUT2D eigenvalue weighted by atomic mass is 10.1. The number of hydrogen-bond donors (Lipinski definition) is 1. The van der Waals surface area contributed by atoms with Gasteiger partial charge in [0.1, 0.15) is 11.6 Å². The number of pyridine rings is 1. The van der Waals surface area contributed by atoms with E-state index in [1.54, 1.807) is 24.0 Å². The molecule has 0 spiro atoms. The quantitative estimate of drug-likeness (QED) is 0.817. The third-order valence-corrected chi connectivity index (χ3v) is 5.21. The van der Waals surface area contributed by atoms with Crippen molar-refractivity contribution in [1.82, 2.24) is 14.8 Å². The van der Waals surface area contributed by atoms with Crippen molar-refractivity contribution in [3.8, 4) is 0 Å². The van der Waals surface area contributed by atoms with Crippen molar-refractivity contribution in [3.63, 3.8) is 0 Å². The average Bonchev–Trinajstić information content (AvgIpc) is 2.69. The number of nitrogens with zero attached hydrogens (tertiary/aromatic N) is 3. The van der Waals surface area contributed by atoms with E-state index in [4.69, 9.17) is 23.2 Å². The molecule has 1 unspecified atom stereocenters. The monoisotopic (exact) mass is 424 g/mol.